The highest BCUT2D eigenvalue weighted by atomic mass is 19.1. The summed E-state index contributed by atoms with van der Waals surface area (Å²) in [6, 6.07) is 4.79. The molecule has 1 heterocycles. The minimum absolute atomic E-state index is 0.212. The summed E-state index contributed by atoms with van der Waals surface area (Å²) in [5.74, 6) is 0.354. The van der Waals surface area contributed by atoms with Crippen molar-refractivity contribution >= 4 is 5.95 Å². The molecule has 0 unspecified atom stereocenters. The molecule has 5 heteroatoms. The fraction of sp³-hybridized carbons (Fsp3) is 0.231. The summed E-state index contributed by atoms with van der Waals surface area (Å²) in [7, 11) is 0. The van der Waals surface area contributed by atoms with Gasteiger partial charge in [0, 0.05) is 36.8 Å². The Bertz CT molecular complexity index is 598. The van der Waals surface area contributed by atoms with Gasteiger partial charge in [-0.2, -0.15) is 0 Å². The van der Waals surface area contributed by atoms with Gasteiger partial charge >= 0.3 is 0 Å². The van der Waals surface area contributed by atoms with Gasteiger partial charge in [-0.15, -0.1) is 0 Å². The molecule has 0 aliphatic heterocycles. The van der Waals surface area contributed by atoms with E-state index in [0.29, 0.717) is 25.5 Å². The highest BCUT2D eigenvalue weighted by Gasteiger charge is 2.21. The van der Waals surface area contributed by atoms with Crippen molar-refractivity contribution in [3.63, 3.8) is 0 Å². The van der Waals surface area contributed by atoms with Gasteiger partial charge in [-0.05, 0) is 23.8 Å². The summed E-state index contributed by atoms with van der Waals surface area (Å²) in [4.78, 5) is 8.68. The number of anilines is 1. The Morgan fingerprint density at radius 1 is 1.33 bits per heavy atom. The Hall–Kier alpha value is -2.01. The molecule has 0 radical (unpaired) electrons. The summed E-state index contributed by atoms with van der Waals surface area (Å²) in [6.45, 7) is 1.16. The first kappa shape index (κ1) is 11.1. The van der Waals surface area contributed by atoms with Gasteiger partial charge in [0.15, 0.2) is 0 Å². The average Bonchev–Trinajstić information content (AvgIpc) is 2.72. The predicted octanol–water partition coefficient (Wildman–Crippen LogP) is 1.56. The maximum atomic E-state index is 13.2. The third kappa shape index (κ3) is 1.82. The molecule has 1 aliphatic carbocycles. The van der Waals surface area contributed by atoms with Crippen LogP contribution in [0.3, 0.4) is 0 Å². The first-order chi connectivity index (χ1) is 8.78. The van der Waals surface area contributed by atoms with Crippen LogP contribution in [-0.2, 0) is 6.42 Å². The van der Waals surface area contributed by atoms with E-state index in [2.05, 4.69) is 15.3 Å². The Labute approximate surface area is 104 Å². The second kappa shape index (κ2) is 4.34. The third-order valence-corrected chi connectivity index (χ3v) is 3.00. The zero-order valence-corrected chi connectivity index (χ0v) is 9.78. The van der Waals surface area contributed by atoms with Crippen LogP contribution in [-0.4, -0.2) is 23.1 Å². The lowest BCUT2D eigenvalue weighted by Gasteiger charge is -2.05. The molecule has 1 aromatic heterocycles. The SMILES string of the molecule is NCCNc1ncc2c(n1)-c1ccc(F)cc1C2. The van der Waals surface area contributed by atoms with Crippen LogP contribution in [0.1, 0.15) is 11.1 Å². The standard InChI is InChI=1S/C13H13FN4/c14-10-1-2-11-8(6-10)5-9-7-17-13(16-4-3-15)18-12(9)11/h1-2,6-7H,3-5,15H2,(H,16,17,18). The molecule has 4 nitrogen and oxygen atoms in total. The van der Waals surface area contributed by atoms with Crippen LogP contribution in [0.25, 0.3) is 11.3 Å². The highest BCUT2D eigenvalue weighted by Crippen LogP contribution is 2.35. The molecule has 92 valence electrons. The van der Waals surface area contributed by atoms with Crippen LogP contribution in [0.15, 0.2) is 24.4 Å². The van der Waals surface area contributed by atoms with Gasteiger partial charge in [-0.1, -0.05) is 0 Å². The minimum Gasteiger partial charge on any atom is -0.353 e. The normalized spacial score (nSPS) is 12.1. The Morgan fingerprint density at radius 2 is 2.22 bits per heavy atom. The van der Waals surface area contributed by atoms with E-state index in [1.165, 1.54) is 6.07 Å². The van der Waals surface area contributed by atoms with Crippen molar-refractivity contribution in [1.29, 1.82) is 0 Å². The van der Waals surface area contributed by atoms with Crippen LogP contribution in [0, 0.1) is 5.82 Å². The van der Waals surface area contributed by atoms with Crippen molar-refractivity contribution in [2.75, 3.05) is 18.4 Å². The molecule has 0 amide bonds. The van der Waals surface area contributed by atoms with Crippen molar-refractivity contribution < 1.29 is 4.39 Å². The Kier molecular flexibility index (Phi) is 2.68. The first-order valence-corrected chi connectivity index (χ1v) is 5.86. The molecular formula is C13H13FN4. The van der Waals surface area contributed by atoms with E-state index in [0.717, 1.165) is 22.4 Å². The van der Waals surface area contributed by atoms with E-state index in [4.69, 9.17) is 5.73 Å². The zero-order valence-electron chi connectivity index (χ0n) is 9.78. The number of aromatic nitrogens is 2. The summed E-state index contributed by atoms with van der Waals surface area (Å²) in [5, 5.41) is 3.04. The van der Waals surface area contributed by atoms with Crippen LogP contribution >= 0.6 is 0 Å². The van der Waals surface area contributed by atoms with Gasteiger partial charge in [0.1, 0.15) is 5.82 Å². The Balaban J connectivity index is 2.00. The highest BCUT2D eigenvalue weighted by molar-refractivity contribution is 5.73. The molecule has 3 N–H and O–H groups in total. The van der Waals surface area contributed by atoms with Crippen LogP contribution in [0.4, 0.5) is 10.3 Å². The van der Waals surface area contributed by atoms with Crippen molar-refractivity contribution in [3.05, 3.63) is 41.3 Å². The molecule has 0 spiro atoms. The van der Waals surface area contributed by atoms with Gasteiger partial charge in [0.2, 0.25) is 5.95 Å². The van der Waals surface area contributed by atoms with E-state index in [-0.39, 0.29) is 5.82 Å². The lowest BCUT2D eigenvalue weighted by Crippen LogP contribution is -2.15. The largest absolute Gasteiger partial charge is 0.353 e. The number of hydrogen-bond acceptors (Lipinski definition) is 4. The minimum atomic E-state index is -0.212. The van der Waals surface area contributed by atoms with Gasteiger partial charge in [-0.25, -0.2) is 14.4 Å². The number of nitrogens with zero attached hydrogens (tertiary/aromatic N) is 2. The third-order valence-electron chi connectivity index (χ3n) is 3.00. The lowest BCUT2D eigenvalue weighted by atomic mass is 10.1. The molecule has 0 atom stereocenters. The molecule has 2 aromatic rings. The second-order valence-corrected chi connectivity index (χ2v) is 4.26. The Morgan fingerprint density at radius 3 is 3.06 bits per heavy atom. The maximum absolute atomic E-state index is 13.2. The summed E-state index contributed by atoms with van der Waals surface area (Å²) >= 11 is 0. The summed E-state index contributed by atoms with van der Waals surface area (Å²) in [5.41, 5.74) is 9.31. The lowest BCUT2D eigenvalue weighted by molar-refractivity contribution is 0.626. The van der Waals surface area contributed by atoms with Crippen molar-refractivity contribution in [3.8, 4) is 11.3 Å². The van der Waals surface area contributed by atoms with E-state index in [9.17, 15) is 4.39 Å². The number of nitrogens with one attached hydrogen (secondary N) is 1. The van der Waals surface area contributed by atoms with Crippen LogP contribution < -0.4 is 11.1 Å². The van der Waals surface area contributed by atoms with Gasteiger partial charge in [0.25, 0.3) is 0 Å². The number of benzene rings is 1. The molecule has 0 saturated carbocycles. The fourth-order valence-electron chi connectivity index (χ4n) is 2.18. The number of fused-ring (bicyclic) bond motifs is 3. The number of hydrogen-bond donors (Lipinski definition) is 2. The van der Waals surface area contributed by atoms with Crippen LogP contribution in [0.5, 0.6) is 0 Å². The molecular weight excluding hydrogens is 231 g/mol. The molecule has 18 heavy (non-hydrogen) atoms. The molecule has 0 saturated heterocycles. The van der Waals surface area contributed by atoms with Crippen molar-refractivity contribution in [1.82, 2.24) is 9.97 Å². The first-order valence-electron chi connectivity index (χ1n) is 5.86. The van der Waals surface area contributed by atoms with Gasteiger partial charge in [0.05, 0.1) is 5.69 Å². The van der Waals surface area contributed by atoms with Crippen molar-refractivity contribution in [2.24, 2.45) is 5.73 Å². The monoisotopic (exact) mass is 244 g/mol. The van der Waals surface area contributed by atoms with Crippen molar-refractivity contribution in [2.45, 2.75) is 6.42 Å². The number of halogens is 1. The quantitative estimate of drug-likeness (QED) is 0.734. The summed E-state index contributed by atoms with van der Waals surface area (Å²) in [6.07, 6.45) is 2.48. The smallest absolute Gasteiger partial charge is 0.223 e. The van der Waals surface area contributed by atoms with Gasteiger partial charge < -0.3 is 11.1 Å². The summed E-state index contributed by atoms with van der Waals surface area (Å²) < 4.78 is 13.2. The van der Waals surface area contributed by atoms with E-state index < -0.39 is 0 Å². The molecule has 1 aromatic carbocycles. The van der Waals surface area contributed by atoms with Gasteiger partial charge in [-0.3, -0.25) is 0 Å². The molecule has 0 bridgehead atoms. The van der Waals surface area contributed by atoms with Crippen LogP contribution in [0.2, 0.25) is 0 Å². The fourth-order valence-corrected chi connectivity index (χ4v) is 2.18. The topological polar surface area (TPSA) is 63.8 Å². The van der Waals surface area contributed by atoms with E-state index in [1.807, 2.05) is 0 Å². The zero-order chi connectivity index (χ0) is 12.5. The molecule has 0 fully saturated rings. The maximum Gasteiger partial charge on any atom is 0.223 e. The van der Waals surface area contributed by atoms with E-state index in [1.54, 1.807) is 18.3 Å². The number of nitrogens with two attached hydrogens (primary N) is 1. The second-order valence-electron chi connectivity index (χ2n) is 4.26. The molecule has 1 aliphatic rings. The number of rotatable bonds is 3. The van der Waals surface area contributed by atoms with E-state index >= 15 is 0 Å². The average molecular weight is 244 g/mol. The molecule has 3 rings (SSSR count). The predicted molar refractivity (Wildman–Crippen MR) is 67.8 cm³/mol.